The molecule has 0 aliphatic carbocycles. The van der Waals surface area contributed by atoms with E-state index in [4.69, 9.17) is 10.5 Å². The van der Waals surface area contributed by atoms with E-state index in [2.05, 4.69) is 12.2 Å². The Bertz CT molecular complexity index is 719. The molecule has 1 saturated heterocycles. The van der Waals surface area contributed by atoms with Gasteiger partial charge in [-0.15, -0.1) is 0 Å². The van der Waals surface area contributed by atoms with Crippen LogP contribution >= 0.6 is 0 Å². The topological polar surface area (TPSA) is 108 Å². The Balaban J connectivity index is 1.78. The van der Waals surface area contributed by atoms with Crippen LogP contribution < -0.4 is 11.1 Å². The lowest BCUT2D eigenvalue weighted by atomic mass is 10.1. The number of nitrogens with one attached hydrogen (secondary N) is 1. The standard InChI is InChI=1S/C21H33N5O4/c1-3-17-6-4-5-7-18(17)23-20(28)15-24-8-10-26(11-9-24)21(29)16-25(12-13-30-2)14-19(22)27/h4-7H,3,8-16H2,1-2H3,(H2,22,27)(H,23,28). The highest BCUT2D eigenvalue weighted by molar-refractivity contribution is 5.93. The smallest absolute Gasteiger partial charge is 0.238 e. The van der Waals surface area contributed by atoms with Gasteiger partial charge in [0, 0.05) is 45.5 Å². The van der Waals surface area contributed by atoms with Gasteiger partial charge >= 0.3 is 0 Å². The molecule has 3 N–H and O–H groups in total. The summed E-state index contributed by atoms with van der Waals surface area (Å²) in [6.45, 7) is 5.73. The maximum Gasteiger partial charge on any atom is 0.238 e. The summed E-state index contributed by atoms with van der Waals surface area (Å²) < 4.78 is 5.03. The van der Waals surface area contributed by atoms with Crippen LogP contribution in [-0.2, 0) is 25.5 Å². The third-order valence-corrected chi connectivity index (χ3v) is 5.11. The number of amides is 3. The number of benzene rings is 1. The molecule has 1 aromatic rings. The number of carbonyl (C=O) groups excluding carboxylic acids is 3. The quantitative estimate of drug-likeness (QED) is 0.513. The number of carbonyl (C=O) groups is 3. The molecule has 9 heteroatoms. The lowest BCUT2D eigenvalue weighted by molar-refractivity contribution is -0.134. The van der Waals surface area contributed by atoms with Gasteiger partial charge in [0.2, 0.25) is 17.7 Å². The maximum atomic E-state index is 12.6. The van der Waals surface area contributed by atoms with Crippen molar-refractivity contribution in [1.29, 1.82) is 0 Å². The molecule has 1 aliphatic heterocycles. The summed E-state index contributed by atoms with van der Waals surface area (Å²) in [5.41, 5.74) is 7.22. The van der Waals surface area contributed by atoms with Crippen LogP contribution in [0.1, 0.15) is 12.5 Å². The minimum absolute atomic E-state index is 0.0223. The van der Waals surface area contributed by atoms with Gasteiger partial charge in [-0.1, -0.05) is 25.1 Å². The number of methoxy groups -OCH3 is 1. The molecule has 30 heavy (non-hydrogen) atoms. The third-order valence-electron chi connectivity index (χ3n) is 5.11. The summed E-state index contributed by atoms with van der Waals surface area (Å²) in [6.07, 6.45) is 0.856. The number of para-hydroxylation sites is 1. The van der Waals surface area contributed by atoms with E-state index in [0.29, 0.717) is 45.9 Å². The number of rotatable bonds is 11. The number of ether oxygens (including phenoxy) is 1. The van der Waals surface area contributed by atoms with Crippen molar-refractivity contribution in [1.82, 2.24) is 14.7 Å². The Hall–Kier alpha value is -2.49. The van der Waals surface area contributed by atoms with Gasteiger partial charge in [0.05, 0.1) is 26.2 Å². The van der Waals surface area contributed by atoms with E-state index in [1.807, 2.05) is 29.2 Å². The van der Waals surface area contributed by atoms with E-state index in [0.717, 1.165) is 17.7 Å². The highest BCUT2D eigenvalue weighted by Crippen LogP contribution is 2.15. The van der Waals surface area contributed by atoms with Crippen LogP contribution in [0.25, 0.3) is 0 Å². The van der Waals surface area contributed by atoms with Crippen molar-refractivity contribution in [3.63, 3.8) is 0 Å². The molecular formula is C21H33N5O4. The number of primary amides is 1. The Labute approximate surface area is 178 Å². The molecule has 0 spiro atoms. The Kier molecular flexibility index (Phi) is 9.72. The zero-order chi connectivity index (χ0) is 21.9. The van der Waals surface area contributed by atoms with E-state index in [9.17, 15) is 14.4 Å². The zero-order valence-corrected chi connectivity index (χ0v) is 17.9. The van der Waals surface area contributed by atoms with Gasteiger partial charge in [-0.3, -0.25) is 24.2 Å². The average molecular weight is 420 g/mol. The fourth-order valence-electron chi connectivity index (χ4n) is 3.44. The average Bonchev–Trinajstić information content (AvgIpc) is 2.72. The molecule has 1 aromatic carbocycles. The molecule has 0 bridgehead atoms. The number of aryl methyl sites for hydroxylation is 1. The van der Waals surface area contributed by atoms with Gasteiger partial charge in [-0.25, -0.2) is 0 Å². The van der Waals surface area contributed by atoms with Gasteiger partial charge in [-0.2, -0.15) is 0 Å². The minimum Gasteiger partial charge on any atom is -0.383 e. The molecule has 2 rings (SSSR count). The summed E-state index contributed by atoms with van der Waals surface area (Å²) in [4.78, 5) is 41.7. The second-order valence-electron chi connectivity index (χ2n) is 7.39. The lowest BCUT2D eigenvalue weighted by Gasteiger charge is -2.35. The first-order valence-corrected chi connectivity index (χ1v) is 10.3. The van der Waals surface area contributed by atoms with E-state index >= 15 is 0 Å². The van der Waals surface area contributed by atoms with E-state index in [1.165, 1.54) is 0 Å². The molecule has 0 unspecified atom stereocenters. The molecule has 0 aromatic heterocycles. The van der Waals surface area contributed by atoms with Crippen LogP contribution in [-0.4, -0.2) is 98.5 Å². The fourth-order valence-corrected chi connectivity index (χ4v) is 3.44. The molecular weight excluding hydrogens is 386 g/mol. The van der Waals surface area contributed by atoms with Gasteiger partial charge in [-0.05, 0) is 18.1 Å². The van der Waals surface area contributed by atoms with Crippen LogP contribution in [0.3, 0.4) is 0 Å². The van der Waals surface area contributed by atoms with Crippen molar-refractivity contribution in [2.45, 2.75) is 13.3 Å². The van der Waals surface area contributed by atoms with Crippen molar-refractivity contribution in [3.8, 4) is 0 Å². The number of anilines is 1. The SMILES string of the molecule is CCc1ccccc1NC(=O)CN1CCN(C(=O)CN(CCOC)CC(N)=O)CC1. The Morgan fingerprint density at radius 2 is 1.83 bits per heavy atom. The predicted octanol–water partition coefficient (Wildman–Crippen LogP) is -0.235. The second kappa shape index (κ2) is 12.3. The number of nitrogens with two attached hydrogens (primary N) is 1. The highest BCUT2D eigenvalue weighted by atomic mass is 16.5. The number of hydrogen-bond donors (Lipinski definition) is 2. The maximum absolute atomic E-state index is 12.6. The zero-order valence-electron chi connectivity index (χ0n) is 17.9. The van der Waals surface area contributed by atoms with E-state index in [1.54, 1.807) is 16.9 Å². The first-order valence-electron chi connectivity index (χ1n) is 10.3. The summed E-state index contributed by atoms with van der Waals surface area (Å²) in [5, 5.41) is 2.98. The Morgan fingerprint density at radius 1 is 1.13 bits per heavy atom. The van der Waals surface area contributed by atoms with E-state index < -0.39 is 5.91 Å². The van der Waals surface area contributed by atoms with Gasteiger partial charge in [0.15, 0.2) is 0 Å². The summed E-state index contributed by atoms with van der Waals surface area (Å²) >= 11 is 0. The van der Waals surface area contributed by atoms with Crippen molar-refractivity contribution in [3.05, 3.63) is 29.8 Å². The predicted molar refractivity (Wildman–Crippen MR) is 115 cm³/mol. The van der Waals surface area contributed by atoms with Crippen LogP contribution in [0, 0.1) is 0 Å². The molecule has 9 nitrogen and oxygen atoms in total. The first kappa shape index (κ1) is 23.8. The molecule has 1 fully saturated rings. The molecule has 0 saturated carbocycles. The number of hydrogen-bond acceptors (Lipinski definition) is 6. The largest absolute Gasteiger partial charge is 0.383 e. The first-order chi connectivity index (χ1) is 14.4. The molecule has 0 atom stereocenters. The van der Waals surface area contributed by atoms with Gasteiger partial charge in [0.25, 0.3) is 0 Å². The summed E-state index contributed by atoms with van der Waals surface area (Å²) in [7, 11) is 1.57. The van der Waals surface area contributed by atoms with Crippen LogP contribution in [0.4, 0.5) is 5.69 Å². The second-order valence-corrected chi connectivity index (χ2v) is 7.39. The van der Waals surface area contributed by atoms with Crippen LogP contribution in [0.15, 0.2) is 24.3 Å². The minimum atomic E-state index is -0.473. The van der Waals surface area contributed by atoms with E-state index in [-0.39, 0.29) is 24.9 Å². The van der Waals surface area contributed by atoms with Gasteiger partial charge < -0.3 is 20.7 Å². The molecule has 1 heterocycles. The highest BCUT2D eigenvalue weighted by Gasteiger charge is 2.24. The van der Waals surface area contributed by atoms with Crippen molar-refractivity contribution in [2.24, 2.45) is 5.73 Å². The number of nitrogens with zero attached hydrogens (tertiary/aromatic N) is 3. The van der Waals surface area contributed by atoms with Crippen molar-refractivity contribution in [2.75, 3.05) is 71.4 Å². The van der Waals surface area contributed by atoms with Crippen LogP contribution in [0.2, 0.25) is 0 Å². The summed E-state index contributed by atoms with van der Waals surface area (Å²) in [6, 6.07) is 7.79. The van der Waals surface area contributed by atoms with Crippen molar-refractivity contribution >= 4 is 23.4 Å². The van der Waals surface area contributed by atoms with Gasteiger partial charge in [0.1, 0.15) is 0 Å². The molecule has 166 valence electrons. The molecule has 3 amide bonds. The van der Waals surface area contributed by atoms with Crippen LogP contribution in [0.5, 0.6) is 0 Å². The Morgan fingerprint density at radius 3 is 2.47 bits per heavy atom. The number of piperazine rings is 1. The molecule has 1 aliphatic rings. The normalized spacial score (nSPS) is 14.7. The fraction of sp³-hybridized carbons (Fsp3) is 0.571. The monoisotopic (exact) mass is 419 g/mol. The summed E-state index contributed by atoms with van der Waals surface area (Å²) in [5.74, 6) is -0.574. The molecule has 0 radical (unpaired) electrons. The lowest BCUT2D eigenvalue weighted by Crippen LogP contribution is -2.53. The third kappa shape index (κ3) is 7.74. The van der Waals surface area contributed by atoms with Crippen molar-refractivity contribution < 1.29 is 19.1 Å².